The lowest BCUT2D eigenvalue weighted by molar-refractivity contribution is -0.150. The maximum atomic E-state index is 12.0. The molecule has 0 aliphatic carbocycles. The van der Waals surface area contributed by atoms with Gasteiger partial charge >= 0.3 is 11.8 Å². The van der Waals surface area contributed by atoms with E-state index >= 15 is 0 Å². The highest BCUT2D eigenvalue weighted by Gasteiger charge is 2.27. The molecule has 0 radical (unpaired) electrons. The molecule has 0 saturated carbocycles. The molecule has 0 heterocycles. The Labute approximate surface area is 116 Å². The van der Waals surface area contributed by atoms with Crippen molar-refractivity contribution in [2.24, 2.45) is 5.73 Å². The van der Waals surface area contributed by atoms with Gasteiger partial charge in [0.1, 0.15) is 5.75 Å². The summed E-state index contributed by atoms with van der Waals surface area (Å²) in [5.74, 6) is -2.26. The smallest absolute Gasteiger partial charge is 0.319 e. The van der Waals surface area contributed by atoms with Crippen LogP contribution in [0.5, 0.6) is 5.75 Å². The summed E-state index contributed by atoms with van der Waals surface area (Å²) in [5, 5.41) is 9.18. The van der Waals surface area contributed by atoms with Gasteiger partial charge in [-0.05, 0) is 24.3 Å². The third kappa shape index (κ3) is 3.55. The first-order chi connectivity index (χ1) is 9.38. The van der Waals surface area contributed by atoms with Crippen LogP contribution in [0.15, 0.2) is 24.3 Å². The summed E-state index contributed by atoms with van der Waals surface area (Å²) in [6, 6.07) is 5.77. The van der Waals surface area contributed by atoms with Gasteiger partial charge in [0.15, 0.2) is 0 Å². The van der Waals surface area contributed by atoms with Gasteiger partial charge in [0.25, 0.3) is 0 Å². The molecule has 0 aliphatic rings. The second-order valence-electron chi connectivity index (χ2n) is 4.15. The van der Waals surface area contributed by atoms with Crippen LogP contribution >= 0.6 is 0 Å². The number of aromatic hydroxyl groups is 1. The number of likely N-dealkylation sites (N-methyl/N-ethyl adjacent to an activating group) is 1. The number of anilines is 1. The summed E-state index contributed by atoms with van der Waals surface area (Å²) >= 11 is 0. The predicted molar refractivity (Wildman–Crippen MR) is 73.0 cm³/mol. The second-order valence-corrected chi connectivity index (χ2v) is 4.15. The van der Waals surface area contributed by atoms with E-state index in [2.05, 4.69) is 0 Å². The summed E-state index contributed by atoms with van der Waals surface area (Å²) in [7, 11) is 1.41. The van der Waals surface area contributed by atoms with Crippen LogP contribution in [-0.2, 0) is 14.4 Å². The molecular weight excluding hydrogens is 262 g/mol. The van der Waals surface area contributed by atoms with Crippen LogP contribution in [0.3, 0.4) is 0 Å². The summed E-state index contributed by atoms with van der Waals surface area (Å²) in [5.41, 5.74) is 5.74. The highest BCUT2D eigenvalue weighted by molar-refractivity contribution is 6.42. The lowest BCUT2D eigenvalue weighted by Crippen LogP contribution is -2.47. The molecule has 0 bridgehead atoms. The van der Waals surface area contributed by atoms with Crippen molar-refractivity contribution in [3.05, 3.63) is 24.3 Å². The predicted octanol–water partition coefficient (Wildman–Crippen LogP) is -0.311. The third-order valence-electron chi connectivity index (χ3n) is 2.70. The number of phenolic OH excluding ortho intramolecular Hbond substituents is 1. The van der Waals surface area contributed by atoms with Crippen molar-refractivity contribution in [2.45, 2.75) is 6.92 Å². The van der Waals surface area contributed by atoms with Gasteiger partial charge in [0.2, 0.25) is 5.91 Å². The molecule has 3 N–H and O–H groups in total. The van der Waals surface area contributed by atoms with E-state index in [1.54, 1.807) is 0 Å². The Balaban J connectivity index is 2.89. The van der Waals surface area contributed by atoms with Crippen molar-refractivity contribution in [1.29, 1.82) is 0 Å². The third-order valence-corrected chi connectivity index (χ3v) is 2.70. The fraction of sp³-hybridized carbons (Fsp3) is 0.308. The number of hydrogen-bond acceptors (Lipinski definition) is 5. The van der Waals surface area contributed by atoms with Crippen LogP contribution in [0.1, 0.15) is 6.92 Å². The molecule has 20 heavy (non-hydrogen) atoms. The Morgan fingerprint density at radius 2 is 1.70 bits per heavy atom. The number of benzene rings is 1. The van der Waals surface area contributed by atoms with E-state index in [1.807, 2.05) is 0 Å². The molecule has 0 aliphatic heterocycles. The SMILES string of the molecule is CC(=O)N(CCN)C(=O)C(=O)N(C)c1ccc(O)cc1. The first kappa shape index (κ1) is 15.6. The van der Waals surface area contributed by atoms with Crippen LogP contribution < -0.4 is 10.6 Å². The van der Waals surface area contributed by atoms with E-state index in [0.717, 1.165) is 9.80 Å². The molecule has 0 aromatic heterocycles. The zero-order valence-electron chi connectivity index (χ0n) is 11.4. The van der Waals surface area contributed by atoms with Crippen molar-refractivity contribution in [1.82, 2.24) is 4.90 Å². The van der Waals surface area contributed by atoms with E-state index < -0.39 is 17.7 Å². The standard InChI is InChI=1S/C13H17N3O4/c1-9(17)16(8-7-14)13(20)12(19)15(2)10-3-5-11(18)6-4-10/h3-6,18H,7-8,14H2,1-2H3. The van der Waals surface area contributed by atoms with Crippen LogP contribution in [-0.4, -0.2) is 47.9 Å². The van der Waals surface area contributed by atoms with Gasteiger partial charge in [0, 0.05) is 32.7 Å². The Bertz CT molecular complexity index is 513. The molecule has 7 nitrogen and oxygen atoms in total. The number of nitrogens with two attached hydrogens (primary N) is 1. The quantitative estimate of drug-likeness (QED) is 0.738. The molecule has 0 unspecified atom stereocenters. The van der Waals surface area contributed by atoms with Crippen molar-refractivity contribution in [3.63, 3.8) is 0 Å². The van der Waals surface area contributed by atoms with Crippen LogP contribution in [0, 0.1) is 0 Å². The number of carbonyl (C=O) groups excluding carboxylic acids is 3. The number of hydrogen-bond donors (Lipinski definition) is 2. The molecule has 0 saturated heterocycles. The maximum Gasteiger partial charge on any atom is 0.319 e. The van der Waals surface area contributed by atoms with Gasteiger partial charge in [-0.25, -0.2) is 0 Å². The van der Waals surface area contributed by atoms with E-state index in [4.69, 9.17) is 5.73 Å². The van der Waals surface area contributed by atoms with Gasteiger partial charge in [-0.2, -0.15) is 0 Å². The number of amides is 3. The zero-order valence-corrected chi connectivity index (χ0v) is 11.4. The summed E-state index contributed by atoms with van der Waals surface area (Å²) < 4.78 is 0. The molecule has 0 spiro atoms. The second kappa shape index (κ2) is 6.67. The Morgan fingerprint density at radius 1 is 1.15 bits per heavy atom. The van der Waals surface area contributed by atoms with Gasteiger partial charge in [-0.15, -0.1) is 0 Å². The van der Waals surface area contributed by atoms with Crippen molar-refractivity contribution in [3.8, 4) is 5.75 Å². The fourth-order valence-electron chi connectivity index (χ4n) is 1.58. The average Bonchev–Trinajstić information content (AvgIpc) is 2.43. The first-order valence-corrected chi connectivity index (χ1v) is 5.97. The van der Waals surface area contributed by atoms with Crippen LogP contribution in [0.4, 0.5) is 5.69 Å². The van der Waals surface area contributed by atoms with E-state index in [9.17, 15) is 19.5 Å². The molecule has 1 aromatic rings. The van der Waals surface area contributed by atoms with Crippen molar-refractivity contribution >= 4 is 23.4 Å². The number of imide groups is 1. The minimum Gasteiger partial charge on any atom is -0.508 e. The first-order valence-electron chi connectivity index (χ1n) is 5.97. The molecule has 7 heteroatoms. The topological polar surface area (TPSA) is 104 Å². The van der Waals surface area contributed by atoms with Gasteiger partial charge in [-0.3, -0.25) is 19.3 Å². The largest absolute Gasteiger partial charge is 0.508 e. The summed E-state index contributed by atoms with van der Waals surface area (Å²) in [6.45, 7) is 1.27. The molecule has 108 valence electrons. The average molecular weight is 279 g/mol. The zero-order chi connectivity index (χ0) is 15.3. The maximum absolute atomic E-state index is 12.0. The molecule has 1 rings (SSSR count). The molecule has 1 aromatic carbocycles. The van der Waals surface area contributed by atoms with E-state index in [1.165, 1.54) is 38.2 Å². The normalized spacial score (nSPS) is 9.95. The Morgan fingerprint density at radius 3 is 2.15 bits per heavy atom. The number of phenols is 1. The number of carbonyl (C=O) groups is 3. The fourth-order valence-corrected chi connectivity index (χ4v) is 1.58. The molecule has 0 fully saturated rings. The van der Waals surface area contributed by atoms with Crippen LogP contribution in [0.25, 0.3) is 0 Å². The number of rotatable bonds is 3. The molecule has 0 atom stereocenters. The minimum atomic E-state index is -0.932. The monoisotopic (exact) mass is 279 g/mol. The van der Waals surface area contributed by atoms with Crippen molar-refractivity contribution in [2.75, 3.05) is 25.0 Å². The Kier molecular flexibility index (Phi) is 5.22. The van der Waals surface area contributed by atoms with Crippen LogP contribution in [0.2, 0.25) is 0 Å². The van der Waals surface area contributed by atoms with E-state index in [-0.39, 0.29) is 18.8 Å². The highest BCUT2D eigenvalue weighted by Crippen LogP contribution is 2.17. The highest BCUT2D eigenvalue weighted by atomic mass is 16.3. The number of nitrogens with zero attached hydrogens (tertiary/aromatic N) is 2. The Hall–Kier alpha value is -2.41. The molecule has 3 amide bonds. The van der Waals surface area contributed by atoms with Gasteiger partial charge in [-0.1, -0.05) is 0 Å². The summed E-state index contributed by atoms with van der Waals surface area (Å²) in [4.78, 5) is 37.2. The minimum absolute atomic E-state index is 0.0106. The van der Waals surface area contributed by atoms with E-state index in [0.29, 0.717) is 5.69 Å². The van der Waals surface area contributed by atoms with Gasteiger partial charge in [0.05, 0.1) is 0 Å². The van der Waals surface area contributed by atoms with Gasteiger partial charge < -0.3 is 15.7 Å². The summed E-state index contributed by atoms with van der Waals surface area (Å²) in [6.07, 6.45) is 0. The lowest BCUT2D eigenvalue weighted by Gasteiger charge is -2.22. The lowest BCUT2D eigenvalue weighted by atomic mass is 10.2. The van der Waals surface area contributed by atoms with Crippen molar-refractivity contribution < 1.29 is 19.5 Å². The molecular formula is C13H17N3O4.